The second-order valence-electron chi connectivity index (χ2n) is 8.18. The zero-order valence-electron chi connectivity index (χ0n) is 20.2. The van der Waals surface area contributed by atoms with Crippen molar-refractivity contribution in [1.29, 1.82) is 0 Å². The van der Waals surface area contributed by atoms with Gasteiger partial charge in [0.05, 0.1) is 18.4 Å². The molecule has 0 radical (unpaired) electrons. The fraction of sp³-hybridized carbons (Fsp3) is 0.143. The van der Waals surface area contributed by atoms with Crippen LogP contribution in [-0.2, 0) is 22.6 Å². The van der Waals surface area contributed by atoms with Crippen LogP contribution in [0.5, 0.6) is 11.5 Å². The number of benzene rings is 3. The number of rotatable bonds is 8. The third-order valence-electron chi connectivity index (χ3n) is 5.80. The van der Waals surface area contributed by atoms with E-state index >= 15 is 0 Å². The fourth-order valence-electron chi connectivity index (χ4n) is 3.74. The molecule has 0 saturated carbocycles. The van der Waals surface area contributed by atoms with E-state index in [1.54, 1.807) is 42.5 Å². The third-order valence-corrected chi connectivity index (χ3v) is 5.80. The van der Waals surface area contributed by atoms with Gasteiger partial charge in [0.1, 0.15) is 12.2 Å². The van der Waals surface area contributed by atoms with Crippen molar-refractivity contribution in [1.82, 2.24) is 5.32 Å². The Bertz CT molecular complexity index is 1390. The summed E-state index contributed by atoms with van der Waals surface area (Å²) >= 11 is 0. The van der Waals surface area contributed by atoms with Crippen LogP contribution in [0, 0.1) is 0 Å². The number of amides is 4. The normalized spacial score (nSPS) is 14.5. The SMILES string of the molecule is CCc1ccc(N2C(=O)NC(=O)/C(=C/c3ccc(OCc4ccc(C(=O)O)cc4)c(OC)c3)C2=O)cc1. The maximum Gasteiger partial charge on any atom is 0.335 e. The van der Waals surface area contributed by atoms with Crippen molar-refractivity contribution >= 4 is 35.6 Å². The van der Waals surface area contributed by atoms with Crippen LogP contribution in [0.15, 0.2) is 72.3 Å². The van der Waals surface area contributed by atoms with Gasteiger partial charge in [0, 0.05) is 0 Å². The number of carbonyl (C=O) groups is 4. The molecule has 37 heavy (non-hydrogen) atoms. The van der Waals surface area contributed by atoms with Gasteiger partial charge in [-0.1, -0.05) is 37.3 Å². The van der Waals surface area contributed by atoms with Crippen molar-refractivity contribution in [2.45, 2.75) is 20.0 Å². The monoisotopic (exact) mass is 500 g/mol. The summed E-state index contributed by atoms with van der Waals surface area (Å²) in [6, 6.07) is 17.3. The van der Waals surface area contributed by atoms with Gasteiger partial charge in [0.15, 0.2) is 11.5 Å². The molecule has 0 unspecified atom stereocenters. The highest BCUT2D eigenvalue weighted by Crippen LogP contribution is 2.30. The highest BCUT2D eigenvalue weighted by Gasteiger charge is 2.36. The van der Waals surface area contributed by atoms with E-state index < -0.39 is 23.8 Å². The fourth-order valence-corrected chi connectivity index (χ4v) is 3.74. The third kappa shape index (κ3) is 5.51. The molecule has 0 spiro atoms. The molecule has 1 fully saturated rings. The maximum absolute atomic E-state index is 13.1. The number of imide groups is 2. The minimum absolute atomic E-state index is 0.172. The molecule has 9 nitrogen and oxygen atoms in total. The molecule has 0 aliphatic carbocycles. The molecule has 0 bridgehead atoms. The van der Waals surface area contributed by atoms with Crippen molar-refractivity contribution < 1.29 is 33.8 Å². The Balaban J connectivity index is 1.55. The van der Waals surface area contributed by atoms with Crippen molar-refractivity contribution in [2.24, 2.45) is 0 Å². The van der Waals surface area contributed by atoms with Crippen LogP contribution >= 0.6 is 0 Å². The lowest BCUT2D eigenvalue weighted by atomic mass is 10.1. The highest BCUT2D eigenvalue weighted by atomic mass is 16.5. The first-order valence-electron chi connectivity index (χ1n) is 11.4. The number of carbonyl (C=O) groups excluding carboxylic acids is 3. The summed E-state index contributed by atoms with van der Waals surface area (Å²) in [4.78, 5) is 50.0. The van der Waals surface area contributed by atoms with Gasteiger partial charge in [-0.2, -0.15) is 0 Å². The first-order valence-corrected chi connectivity index (χ1v) is 11.4. The van der Waals surface area contributed by atoms with Crippen LogP contribution in [0.2, 0.25) is 0 Å². The van der Waals surface area contributed by atoms with Crippen LogP contribution in [0.3, 0.4) is 0 Å². The van der Waals surface area contributed by atoms with Crippen molar-refractivity contribution in [3.05, 3.63) is 94.6 Å². The zero-order valence-corrected chi connectivity index (χ0v) is 20.2. The van der Waals surface area contributed by atoms with Gasteiger partial charge in [0.2, 0.25) is 0 Å². The quantitative estimate of drug-likeness (QED) is 0.351. The molecule has 0 aromatic heterocycles. The first kappa shape index (κ1) is 25.2. The van der Waals surface area contributed by atoms with Gasteiger partial charge in [-0.25, -0.2) is 14.5 Å². The van der Waals surface area contributed by atoms with Gasteiger partial charge in [0.25, 0.3) is 11.8 Å². The Labute approximate surface area is 212 Å². The number of aromatic carboxylic acids is 1. The number of barbiturate groups is 1. The summed E-state index contributed by atoms with van der Waals surface area (Å²) < 4.78 is 11.2. The number of carboxylic acid groups (broad SMARTS) is 1. The van der Waals surface area contributed by atoms with E-state index in [2.05, 4.69) is 5.32 Å². The molecule has 3 aromatic carbocycles. The molecular formula is C28H24N2O7. The topological polar surface area (TPSA) is 122 Å². The summed E-state index contributed by atoms with van der Waals surface area (Å²) in [5.74, 6) is -1.75. The molecule has 1 aliphatic heterocycles. The Morgan fingerprint density at radius 2 is 1.62 bits per heavy atom. The second kappa shape index (κ2) is 10.8. The summed E-state index contributed by atoms with van der Waals surface area (Å²) in [7, 11) is 1.46. The van der Waals surface area contributed by atoms with Gasteiger partial charge >= 0.3 is 12.0 Å². The van der Waals surface area contributed by atoms with Crippen LogP contribution in [0.25, 0.3) is 6.08 Å². The first-order chi connectivity index (χ1) is 17.8. The second-order valence-corrected chi connectivity index (χ2v) is 8.18. The number of hydrogen-bond acceptors (Lipinski definition) is 6. The number of nitrogens with zero attached hydrogens (tertiary/aromatic N) is 1. The number of urea groups is 1. The molecule has 3 aromatic rings. The molecule has 2 N–H and O–H groups in total. The lowest BCUT2D eigenvalue weighted by molar-refractivity contribution is -0.122. The predicted octanol–water partition coefficient (Wildman–Crippen LogP) is 4.20. The van der Waals surface area contributed by atoms with Crippen molar-refractivity contribution in [3.8, 4) is 11.5 Å². The number of methoxy groups -OCH3 is 1. The van der Waals surface area contributed by atoms with Gasteiger partial charge in [-0.05, 0) is 65.6 Å². The van der Waals surface area contributed by atoms with E-state index in [1.807, 2.05) is 19.1 Å². The summed E-state index contributed by atoms with van der Waals surface area (Å²) in [6.45, 7) is 2.17. The Kier molecular flexibility index (Phi) is 7.34. The van der Waals surface area contributed by atoms with E-state index in [0.29, 0.717) is 22.7 Å². The lowest BCUT2D eigenvalue weighted by Gasteiger charge is -2.26. The number of nitrogens with one attached hydrogen (secondary N) is 1. The van der Waals surface area contributed by atoms with E-state index in [-0.39, 0.29) is 17.7 Å². The van der Waals surface area contributed by atoms with E-state index in [0.717, 1.165) is 22.4 Å². The van der Waals surface area contributed by atoms with Gasteiger partial charge in [-0.3, -0.25) is 14.9 Å². The largest absolute Gasteiger partial charge is 0.493 e. The Hall–Kier alpha value is -4.92. The van der Waals surface area contributed by atoms with E-state index in [4.69, 9.17) is 14.6 Å². The van der Waals surface area contributed by atoms with Crippen molar-refractivity contribution in [3.63, 3.8) is 0 Å². The molecule has 9 heteroatoms. The zero-order chi connectivity index (χ0) is 26.5. The van der Waals surface area contributed by atoms with E-state index in [9.17, 15) is 19.2 Å². The molecule has 188 valence electrons. The van der Waals surface area contributed by atoms with Crippen molar-refractivity contribution in [2.75, 3.05) is 12.0 Å². The number of hydrogen-bond donors (Lipinski definition) is 2. The Morgan fingerprint density at radius 1 is 0.946 bits per heavy atom. The number of anilines is 1. The number of carboxylic acids is 1. The summed E-state index contributed by atoms with van der Waals surface area (Å²) in [5, 5.41) is 11.2. The molecule has 1 aliphatic rings. The van der Waals surface area contributed by atoms with Crippen LogP contribution < -0.4 is 19.7 Å². The average molecular weight is 501 g/mol. The minimum atomic E-state index is -1.01. The van der Waals surface area contributed by atoms with E-state index in [1.165, 1.54) is 25.3 Å². The molecule has 4 rings (SSSR count). The van der Waals surface area contributed by atoms with Gasteiger partial charge < -0.3 is 14.6 Å². The standard InChI is InChI=1S/C28H24N2O7/c1-3-17-6-11-21(12-7-17)30-26(32)22(25(31)29-28(30)35)14-19-8-13-23(24(15-19)36-2)37-16-18-4-9-20(10-5-18)27(33)34/h4-15H,3,16H2,1-2H3,(H,33,34)(H,29,31,35)/b22-14-. The maximum atomic E-state index is 13.1. The number of aryl methyl sites for hydroxylation is 1. The molecule has 1 saturated heterocycles. The van der Waals surface area contributed by atoms with Crippen LogP contribution in [-0.4, -0.2) is 36.0 Å². The summed E-state index contributed by atoms with van der Waals surface area (Å²) in [6.07, 6.45) is 2.19. The summed E-state index contributed by atoms with van der Waals surface area (Å²) in [5.41, 5.74) is 2.64. The molecule has 4 amide bonds. The number of ether oxygens (including phenoxy) is 2. The highest BCUT2D eigenvalue weighted by molar-refractivity contribution is 6.39. The van der Waals surface area contributed by atoms with Crippen LogP contribution in [0.4, 0.5) is 10.5 Å². The smallest absolute Gasteiger partial charge is 0.335 e. The average Bonchev–Trinajstić information content (AvgIpc) is 2.90. The molecular weight excluding hydrogens is 476 g/mol. The van der Waals surface area contributed by atoms with Gasteiger partial charge in [-0.15, -0.1) is 0 Å². The van der Waals surface area contributed by atoms with Crippen LogP contribution in [0.1, 0.15) is 34.0 Å². The minimum Gasteiger partial charge on any atom is -0.493 e. The predicted molar refractivity (Wildman–Crippen MR) is 136 cm³/mol. The molecule has 0 atom stereocenters. The molecule has 1 heterocycles. The lowest BCUT2D eigenvalue weighted by Crippen LogP contribution is -2.54. The Morgan fingerprint density at radius 3 is 2.24 bits per heavy atom.